The SMILES string of the molecule is COCC1CN(c2ccc(C#N)c(C(F)(F)F)c2)CCN1C(=O)c1ccc(OC)nc1. The second kappa shape index (κ2) is 9.22. The Morgan fingerprint density at radius 1 is 1.26 bits per heavy atom. The fourth-order valence-corrected chi connectivity index (χ4v) is 3.55. The number of aromatic nitrogens is 1. The number of hydrogen-bond donors (Lipinski definition) is 0. The minimum Gasteiger partial charge on any atom is -0.481 e. The van der Waals surface area contributed by atoms with E-state index in [9.17, 15) is 18.0 Å². The molecular formula is C21H21F3N4O3. The third kappa shape index (κ3) is 4.88. The predicted octanol–water partition coefficient (Wildman–Crippen LogP) is 2.96. The Bertz CT molecular complexity index is 973. The van der Waals surface area contributed by atoms with Gasteiger partial charge in [-0.05, 0) is 24.3 Å². The van der Waals surface area contributed by atoms with E-state index in [-0.39, 0.29) is 25.1 Å². The first-order valence-corrected chi connectivity index (χ1v) is 9.44. The number of pyridine rings is 1. The fraction of sp³-hybridized carbons (Fsp3) is 0.381. The predicted molar refractivity (Wildman–Crippen MR) is 106 cm³/mol. The van der Waals surface area contributed by atoms with Crippen LogP contribution in [0.1, 0.15) is 21.5 Å². The lowest BCUT2D eigenvalue weighted by Gasteiger charge is -2.42. The Kier molecular flexibility index (Phi) is 6.65. The number of hydrogen-bond acceptors (Lipinski definition) is 6. The van der Waals surface area contributed by atoms with E-state index >= 15 is 0 Å². The Morgan fingerprint density at radius 3 is 2.61 bits per heavy atom. The molecule has 0 N–H and O–H groups in total. The summed E-state index contributed by atoms with van der Waals surface area (Å²) < 4.78 is 50.3. The Labute approximate surface area is 177 Å². The molecule has 0 radical (unpaired) electrons. The van der Waals surface area contributed by atoms with Crippen LogP contribution in [-0.4, -0.2) is 62.3 Å². The van der Waals surface area contributed by atoms with Crippen LogP contribution in [0, 0.1) is 11.3 Å². The van der Waals surface area contributed by atoms with Crippen molar-refractivity contribution in [3.05, 3.63) is 53.2 Å². The summed E-state index contributed by atoms with van der Waals surface area (Å²) in [5.74, 6) is 0.142. The highest BCUT2D eigenvalue weighted by Crippen LogP contribution is 2.35. The van der Waals surface area contributed by atoms with Gasteiger partial charge in [-0.25, -0.2) is 4.98 Å². The van der Waals surface area contributed by atoms with Crippen molar-refractivity contribution in [2.75, 3.05) is 45.4 Å². The number of alkyl halides is 3. The zero-order valence-electron chi connectivity index (χ0n) is 17.0. The summed E-state index contributed by atoms with van der Waals surface area (Å²) in [5, 5.41) is 8.99. The topological polar surface area (TPSA) is 78.7 Å². The molecule has 0 saturated carbocycles. The van der Waals surface area contributed by atoms with Crippen LogP contribution in [0.2, 0.25) is 0 Å². The Balaban J connectivity index is 1.83. The number of ether oxygens (including phenoxy) is 2. The average Bonchev–Trinajstić information content (AvgIpc) is 2.78. The fourth-order valence-electron chi connectivity index (χ4n) is 3.55. The molecule has 0 bridgehead atoms. The highest BCUT2D eigenvalue weighted by atomic mass is 19.4. The maximum atomic E-state index is 13.3. The lowest BCUT2D eigenvalue weighted by Crippen LogP contribution is -2.57. The van der Waals surface area contributed by atoms with Crippen molar-refractivity contribution in [2.24, 2.45) is 0 Å². The molecule has 0 spiro atoms. The highest BCUT2D eigenvalue weighted by Gasteiger charge is 2.36. The van der Waals surface area contributed by atoms with Gasteiger partial charge in [-0.1, -0.05) is 0 Å². The molecule has 2 aromatic rings. The summed E-state index contributed by atoms with van der Waals surface area (Å²) >= 11 is 0. The molecule has 1 fully saturated rings. The molecule has 1 aliphatic rings. The Hall–Kier alpha value is -3.32. The number of methoxy groups -OCH3 is 2. The maximum Gasteiger partial charge on any atom is 0.417 e. The first-order chi connectivity index (χ1) is 14.8. The molecular weight excluding hydrogens is 413 g/mol. The van der Waals surface area contributed by atoms with Gasteiger partial charge < -0.3 is 19.3 Å². The molecule has 31 heavy (non-hydrogen) atoms. The van der Waals surface area contributed by atoms with Gasteiger partial charge in [-0.3, -0.25) is 4.79 Å². The standard InChI is InChI=1S/C21H21F3N4O3/c1-30-13-17-12-27(16-5-3-14(10-25)18(9-16)21(22,23)24)7-8-28(17)20(29)15-4-6-19(31-2)26-11-15/h3-6,9,11,17H,7-8,12-13H2,1-2H3. The van der Waals surface area contributed by atoms with Gasteiger partial charge >= 0.3 is 6.18 Å². The zero-order valence-corrected chi connectivity index (χ0v) is 17.0. The minimum absolute atomic E-state index is 0.216. The number of benzene rings is 1. The maximum absolute atomic E-state index is 13.3. The van der Waals surface area contributed by atoms with Crippen molar-refractivity contribution in [3.8, 4) is 11.9 Å². The molecule has 10 heteroatoms. The number of amides is 1. The van der Waals surface area contributed by atoms with Gasteiger partial charge in [0.15, 0.2) is 0 Å². The van der Waals surface area contributed by atoms with Crippen LogP contribution in [0.3, 0.4) is 0 Å². The Morgan fingerprint density at radius 2 is 2.03 bits per heavy atom. The van der Waals surface area contributed by atoms with Gasteiger partial charge in [0.2, 0.25) is 5.88 Å². The quantitative estimate of drug-likeness (QED) is 0.720. The second-order valence-electron chi connectivity index (χ2n) is 6.98. The third-order valence-electron chi connectivity index (χ3n) is 5.09. The second-order valence-corrected chi connectivity index (χ2v) is 6.98. The van der Waals surface area contributed by atoms with Crippen molar-refractivity contribution in [3.63, 3.8) is 0 Å². The van der Waals surface area contributed by atoms with Crippen LogP contribution in [0.5, 0.6) is 5.88 Å². The van der Waals surface area contributed by atoms with Gasteiger partial charge in [0, 0.05) is 44.7 Å². The lowest BCUT2D eigenvalue weighted by molar-refractivity contribution is -0.137. The van der Waals surface area contributed by atoms with Crippen LogP contribution >= 0.6 is 0 Å². The van der Waals surface area contributed by atoms with Crippen LogP contribution in [0.25, 0.3) is 0 Å². The summed E-state index contributed by atoms with van der Waals surface area (Å²) in [6.45, 7) is 1.12. The van der Waals surface area contributed by atoms with Crippen molar-refractivity contribution in [1.82, 2.24) is 9.88 Å². The smallest absolute Gasteiger partial charge is 0.417 e. The number of anilines is 1. The van der Waals surface area contributed by atoms with E-state index in [0.29, 0.717) is 30.2 Å². The minimum atomic E-state index is -4.63. The summed E-state index contributed by atoms with van der Waals surface area (Å²) in [5.41, 5.74) is -0.678. The van der Waals surface area contributed by atoms with E-state index in [4.69, 9.17) is 14.7 Å². The summed E-state index contributed by atoms with van der Waals surface area (Å²) in [6, 6.07) is 8.04. The largest absolute Gasteiger partial charge is 0.481 e. The summed E-state index contributed by atoms with van der Waals surface area (Å²) in [6.07, 6.45) is -3.21. The lowest BCUT2D eigenvalue weighted by atomic mass is 10.0. The number of nitrogens with zero attached hydrogens (tertiary/aromatic N) is 4. The number of carbonyl (C=O) groups excluding carboxylic acids is 1. The first kappa shape index (κ1) is 22.4. The zero-order chi connectivity index (χ0) is 22.6. The molecule has 1 aromatic carbocycles. The molecule has 0 aliphatic carbocycles. The van der Waals surface area contributed by atoms with E-state index in [2.05, 4.69) is 4.98 Å². The molecule has 2 heterocycles. The first-order valence-electron chi connectivity index (χ1n) is 9.44. The summed E-state index contributed by atoms with van der Waals surface area (Å²) in [7, 11) is 2.98. The van der Waals surface area contributed by atoms with E-state index in [0.717, 1.165) is 6.07 Å². The van der Waals surface area contributed by atoms with Crippen molar-refractivity contribution in [2.45, 2.75) is 12.2 Å². The van der Waals surface area contributed by atoms with Crippen molar-refractivity contribution < 1.29 is 27.4 Å². The van der Waals surface area contributed by atoms with Gasteiger partial charge in [-0.2, -0.15) is 18.4 Å². The molecule has 1 unspecified atom stereocenters. The average molecular weight is 434 g/mol. The number of nitriles is 1. The number of carbonyl (C=O) groups is 1. The molecule has 7 nitrogen and oxygen atoms in total. The molecule has 3 rings (SSSR count). The highest BCUT2D eigenvalue weighted by molar-refractivity contribution is 5.94. The van der Waals surface area contributed by atoms with E-state index in [1.807, 2.05) is 0 Å². The molecule has 1 atom stereocenters. The third-order valence-corrected chi connectivity index (χ3v) is 5.09. The van der Waals surface area contributed by atoms with Crippen molar-refractivity contribution in [1.29, 1.82) is 5.26 Å². The number of rotatable bonds is 5. The van der Waals surface area contributed by atoms with Gasteiger partial charge in [0.05, 0.1) is 42.5 Å². The number of halogens is 3. The molecule has 1 aliphatic heterocycles. The van der Waals surface area contributed by atoms with Crippen LogP contribution in [0.4, 0.5) is 18.9 Å². The summed E-state index contributed by atoms with van der Waals surface area (Å²) in [4.78, 5) is 20.4. The molecule has 1 saturated heterocycles. The van der Waals surface area contributed by atoms with Crippen molar-refractivity contribution >= 4 is 11.6 Å². The van der Waals surface area contributed by atoms with Crippen LogP contribution < -0.4 is 9.64 Å². The van der Waals surface area contributed by atoms with Gasteiger partial charge in [0.25, 0.3) is 5.91 Å². The molecule has 164 valence electrons. The van der Waals surface area contributed by atoms with Crippen LogP contribution in [0.15, 0.2) is 36.5 Å². The van der Waals surface area contributed by atoms with E-state index < -0.39 is 17.3 Å². The van der Waals surface area contributed by atoms with Gasteiger partial charge in [-0.15, -0.1) is 0 Å². The van der Waals surface area contributed by atoms with Gasteiger partial charge in [0.1, 0.15) is 0 Å². The molecule has 1 amide bonds. The van der Waals surface area contributed by atoms with E-state index in [1.165, 1.54) is 32.5 Å². The monoisotopic (exact) mass is 434 g/mol. The number of piperazine rings is 1. The molecule has 1 aromatic heterocycles. The normalized spacial score (nSPS) is 16.7. The van der Waals surface area contributed by atoms with E-state index in [1.54, 1.807) is 28.0 Å². The van der Waals surface area contributed by atoms with Crippen LogP contribution in [-0.2, 0) is 10.9 Å².